The van der Waals surface area contributed by atoms with Gasteiger partial charge < -0.3 is 10.6 Å². The molecule has 2 heterocycles. The summed E-state index contributed by atoms with van der Waals surface area (Å²) < 4.78 is 54.9. The molecule has 0 atom stereocenters. The standard InChI is InChI=1S/C24H26N6O4S2/c1-18-9-11-21(12-10-18)35(31,32)27-14-3-2-6-19-17-26-24-29-20-7-4-8-22(16-20)36(33,34)28-15-5-13-25-23(19)30-24/h4,7-12,16-17,27-28H,3,5,13-15H2,1H3,(H2,25,26,29,30). The lowest BCUT2D eigenvalue weighted by Gasteiger charge is -2.10. The number of nitrogens with one attached hydrogen (secondary N) is 4. The number of aromatic nitrogens is 2. The average Bonchev–Trinajstić information content (AvgIpc) is 2.85. The van der Waals surface area contributed by atoms with E-state index in [1.54, 1.807) is 42.6 Å². The van der Waals surface area contributed by atoms with Crippen molar-refractivity contribution in [3.63, 3.8) is 0 Å². The third kappa shape index (κ3) is 6.58. The van der Waals surface area contributed by atoms with E-state index in [1.165, 1.54) is 12.1 Å². The lowest BCUT2D eigenvalue weighted by atomic mass is 10.2. The van der Waals surface area contributed by atoms with Crippen molar-refractivity contribution in [1.82, 2.24) is 19.4 Å². The number of aryl methyl sites for hydroxylation is 1. The topological polar surface area (TPSA) is 142 Å². The number of sulfonamides is 2. The minimum Gasteiger partial charge on any atom is -0.369 e. The van der Waals surface area contributed by atoms with E-state index < -0.39 is 20.0 Å². The molecule has 12 heteroatoms. The Labute approximate surface area is 211 Å². The highest BCUT2D eigenvalue weighted by Gasteiger charge is 2.15. The molecule has 0 fully saturated rings. The minimum atomic E-state index is -3.62. The van der Waals surface area contributed by atoms with Gasteiger partial charge in [0.2, 0.25) is 26.0 Å². The number of hydrogen-bond acceptors (Lipinski definition) is 8. The third-order valence-electron chi connectivity index (χ3n) is 5.22. The first-order chi connectivity index (χ1) is 17.2. The maximum Gasteiger partial charge on any atom is 0.240 e. The Morgan fingerprint density at radius 3 is 2.72 bits per heavy atom. The highest BCUT2D eigenvalue weighted by molar-refractivity contribution is 7.89. The predicted molar refractivity (Wildman–Crippen MR) is 138 cm³/mol. The fourth-order valence-electron chi connectivity index (χ4n) is 3.33. The van der Waals surface area contributed by atoms with Crippen molar-refractivity contribution in [1.29, 1.82) is 0 Å². The van der Waals surface area contributed by atoms with Crippen LogP contribution in [0.15, 0.2) is 64.5 Å². The third-order valence-corrected chi connectivity index (χ3v) is 8.16. The summed E-state index contributed by atoms with van der Waals surface area (Å²) in [5.41, 5.74) is 2.06. The van der Waals surface area contributed by atoms with Gasteiger partial charge in [-0.1, -0.05) is 35.6 Å². The van der Waals surface area contributed by atoms with Gasteiger partial charge in [-0.3, -0.25) is 0 Å². The summed E-state index contributed by atoms with van der Waals surface area (Å²) in [5, 5.41) is 6.20. The summed E-state index contributed by atoms with van der Waals surface area (Å²) in [5.74, 6) is 6.73. The molecule has 3 aromatic rings. The van der Waals surface area contributed by atoms with E-state index in [0.717, 1.165) is 5.56 Å². The quantitative estimate of drug-likeness (QED) is 0.300. The SMILES string of the molecule is Cc1ccc(S(=O)(=O)NCCC#Cc2cnc3nc2NCCCNS(=O)(=O)c2cccc(c2)N3)cc1. The number of anilines is 3. The molecule has 0 aliphatic carbocycles. The van der Waals surface area contributed by atoms with E-state index in [1.807, 2.05) is 6.92 Å². The molecule has 0 radical (unpaired) electrons. The van der Waals surface area contributed by atoms with E-state index in [0.29, 0.717) is 36.5 Å². The predicted octanol–water partition coefficient (Wildman–Crippen LogP) is 2.34. The largest absolute Gasteiger partial charge is 0.369 e. The number of rotatable bonds is 4. The first-order valence-corrected chi connectivity index (χ1v) is 14.2. The lowest BCUT2D eigenvalue weighted by molar-refractivity contribution is 0.579. The molecule has 4 bridgehead atoms. The van der Waals surface area contributed by atoms with E-state index in [9.17, 15) is 16.8 Å². The Hall–Kier alpha value is -3.50. The molecular formula is C24H26N6O4S2. The van der Waals surface area contributed by atoms with Gasteiger partial charge in [0.1, 0.15) is 5.82 Å². The van der Waals surface area contributed by atoms with Crippen LogP contribution < -0.4 is 20.1 Å². The molecule has 0 spiro atoms. The second-order valence-corrected chi connectivity index (χ2v) is 11.6. The highest BCUT2D eigenvalue weighted by Crippen LogP contribution is 2.21. The Morgan fingerprint density at radius 1 is 1.11 bits per heavy atom. The molecule has 188 valence electrons. The summed E-state index contributed by atoms with van der Waals surface area (Å²) in [4.78, 5) is 9.15. The molecule has 2 aromatic carbocycles. The normalized spacial score (nSPS) is 15.0. The van der Waals surface area contributed by atoms with Crippen LogP contribution >= 0.6 is 0 Å². The van der Waals surface area contributed by atoms with Crippen LogP contribution in [0.5, 0.6) is 0 Å². The number of benzene rings is 2. The molecule has 0 saturated heterocycles. The van der Waals surface area contributed by atoms with Crippen LogP contribution in [0.2, 0.25) is 0 Å². The van der Waals surface area contributed by atoms with Crippen LogP contribution in [0, 0.1) is 18.8 Å². The molecule has 1 aliphatic heterocycles. The van der Waals surface area contributed by atoms with Crippen LogP contribution in [-0.2, 0) is 20.0 Å². The van der Waals surface area contributed by atoms with E-state index in [-0.39, 0.29) is 28.8 Å². The minimum absolute atomic E-state index is 0.153. The molecule has 4 N–H and O–H groups in total. The van der Waals surface area contributed by atoms with Crippen LogP contribution in [0.25, 0.3) is 0 Å². The van der Waals surface area contributed by atoms with E-state index >= 15 is 0 Å². The zero-order chi connectivity index (χ0) is 25.6. The summed E-state index contributed by atoms with van der Waals surface area (Å²) in [6, 6.07) is 13.0. The highest BCUT2D eigenvalue weighted by atomic mass is 32.2. The molecule has 0 unspecified atom stereocenters. The summed E-state index contributed by atoms with van der Waals surface area (Å²) in [7, 11) is -7.22. The second-order valence-electron chi connectivity index (χ2n) is 8.05. The maximum absolute atomic E-state index is 12.5. The van der Waals surface area contributed by atoms with Crippen LogP contribution in [-0.4, -0.2) is 46.4 Å². The number of hydrogen-bond donors (Lipinski definition) is 4. The first-order valence-electron chi connectivity index (χ1n) is 11.3. The molecule has 36 heavy (non-hydrogen) atoms. The number of nitrogens with zero attached hydrogens (tertiary/aromatic N) is 2. The van der Waals surface area contributed by atoms with Crippen molar-refractivity contribution in [2.45, 2.75) is 29.6 Å². The van der Waals surface area contributed by atoms with Crippen molar-refractivity contribution in [2.24, 2.45) is 0 Å². The van der Waals surface area contributed by atoms with Gasteiger partial charge in [-0.2, -0.15) is 4.98 Å². The average molecular weight is 527 g/mol. The molecule has 10 nitrogen and oxygen atoms in total. The Balaban J connectivity index is 1.46. The molecule has 1 aromatic heterocycles. The monoisotopic (exact) mass is 526 g/mol. The first kappa shape index (κ1) is 25.6. The van der Waals surface area contributed by atoms with Gasteiger partial charge >= 0.3 is 0 Å². The zero-order valence-corrected chi connectivity index (χ0v) is 21.2. The van der Waals surface area contributed by atoms with Crippen molar-refractivity contribution in [3.8, 4) is 11.8 Å². The zero-order valence-electron chi connectivity index (χ0n) is 19.6. The van der Waals surface area contributed by atoms with Gasteiger partial charge in [-0.25, -0.2) is 31.3 Å². The van der Waals surface area contributed by atoms with Gasteiger partial charge in [0.15, 0.2) is 0 Å². The maximum atomic E-state index is 12.5. The Morgan fingerprint density at radius 2 is 1.92 bits per heavy atom. The van der Waals surface area contributed by atoms with Crippen molar-refractivity contribution >= 4 is 37.5 Å². The fourth-order valence-corrected chi connectivity index (χ4v) is 5.48. The van der Waals surface area contributed by atoms with Gasteiger partial charge in [0.05, 0.1) is 21.6 Å². The lowest BCUT2D eigenvalue weighted by Crippen LogP contribution is -2.26. The Kier molecular flexibility index (Phi) is 7.85. The van der Waals surface area contributed by atoms with Crippen molar-refractivity contribution in [3.05, 3.63) is 65.9 Å². The van der Waals surface area contributed by atoms with Crippen molar-refractivity contribution in [2.75, 3.05) is 30.3 Å². The molecule has 4 rings (SSSR count). The van der Waals surface area contributed by atoms with Crippen molar-refractivity contribution < 1.29 is 16.8 Å². The van der Waals surface area contributed by atoms with Gasteiger partial charge in [0, 0.05) is 31.7 Å². The fraction of sp³-hybridized carbons (Fsp3) is 0.250. The smallest absolute Gasteiger partial charge is 0.240 e. The van der Waals surface area contributed by atoms with Gasteiger partial charge in [0.25, 0.3) is 0 Å². The summed E-state index contributed by atoms with van der Waals surface area (Å²) >= 11 is 0. The van der Waals surface area contributed by atoms with Crippen LogP contribution in [0.4, 0.5) is 17.5 Å². The van der Waals surface area contributed by atoms with Crippen LogP contribution in [0.3, 0.4) is 0 Å². The molecular weight excluding hydrogens is 500 g/mol. The molecule has 0 saturated carbocycles. The Bertz CT molecular complexity index is 1510. The van der Waals surface area contributed by atoms with E-state index in [4.69, 9.17) is 0 Å². The second kappa shape index (κ2) is 11.0. The van der Waals surface area contributed by atoms with Gasteiger partial charge in [-0.05, 0) is 43.7 Å². The summed E-state index contributed by atoms with van der Waals surface area (Å²) in [6.07, 6.45) is 2.39. The number of fused-ring (bicyclic) bond motifs is 4. The molecule has 1 aliphatic rings. The summed E-state index contributed by atoms with van der Waals surface area (Å²) in [6.45, 7) is 2.77. The van der Waals surface area contributed by atoms with E-state index in [2.05, 4.69) is 41.9 Å². The van der Waals surface area contributed by atoms with Crippen LogP contribution in [0.1, 0.15) is 24.0 Å². The van der Waals surface area contributed by atoms with Gasteiger partial charge in [-0.15, -0.1) is 0 Å². The molecule has 0 amide bonds.